The van der Waals surface area contributed by atoms with Gasteiger partial charge in [-0.25, -0.2) is 4.39 Å². The first-order valence-corrected chi connectivity index (χ1v) is 8.98. The molecule has 3 aromatic rings. The normalized spacial score (nSPS) is 12.0. The minimum atomic E-state index is -0.538. The summed E-state index contributed by atoms with van der Waals surface area (Å²) >= 11 is 6.95. The lowest BCUT2D eigenvalue weighted by Gasteiger charge is -2.12. The Morgan fingerprint density at radius 2 is 2.00 bits per heavy atom. The van der Waals surface area contributed by atoms with Gasteiger partial charge in [0.2, 0.25) is 11.1 Å². The first-order chi connectivity index (χ1) is 12.4. The fourth-order valence-corrected chi connectivity index (χ4v) is 3.12. The van der Waals surface area contributed by atoms with Gasteiger partial charge in [-0.15, -0.1) is 5.10 Å². The highest BCUT2D eigenvalue weighted by atomic mass is 35.5. The number of nitrogens with one attached hydrogen (secondary N) is 1. The molecule has 134 valence electrons. The molecule has 0 saturated heterocycles. The summed E-state index contributed by atoms with van der Waals surface area (Å²) < 4.78 is 14.8. The minimum Gasteiger partial charge on any atom is -0.325 e. The quantitative estimate of drug-likeness (QED) is 0.668. The fourth-order valence-electron chi connectivity index (χ4n) is 2.13. The van der Waals surface area contributed by atoms with Crippen molar-refractivity contribution in [1.82, 2.24) is 20.2 Å². The second kappa shape index (κ2) is 7.84. The number of aromatic nitrogens is 4. The molecule has 1 N–H and O–H groups in total. The van der Waals surface area contributed by atoms with E-state index in [9.17, 15) is 9.18 Å². The molecule has 1 heterocycles. The maximum absolute atomic E-state index is 13.2. The first kappa shape index (κ1) is 18.3. The molecule has 1 aromatic heterocycles. The molecule has 6 nitrogen and oxygen atoms in total. The maximum Gasteiger partial charge on any atom is 0.237 e. The van der Waals surface area contributed by atoms with Gasteiger partial charge in [0, 0.05) is 5.69 Å². The number of rotatable bonds is 5. The van der Waals surface area contributed by atoms with Crippen LogP contribution in [-0.2, 0) is 4.79 Å². The van der Waals surface area contributed by atoms with Gasteiger partial charge in [-0.2, -0.15) is 4.68 Å². The van der Waals surface area contributed by atoms with Gasteiger partial charge in [-0.05, 0) is 54.6 Å². The van der Waals surface area contributed by atoms with Crippen LogP contribution in [-0.4, -0.2) is 31.4 Å². The number of aryl methyl sites for hydroxylation is 1. The minimum absolute atomic E-state index is 0.0496. The van der Waals surface area contributed by atoms with Crippen molar-refractivity contribution in [3.63, 3.8) is 0 Å². The fraction of sp³-hybridized carbons (Fsp3) is 0.176. The van der Waals surface area contributed by atoms with Crippen molar-refractivity contribution in [2.45, 2.75) is 24.3 Å². The van der Waals surface area contributed by atoms with Crippen LogP contribution in [0.4, 0.5) is 10.1 Å². The number of carbonyl (C=O) groups is 1. The maximum atomic E-state index is 13.2. The predicted molar refractivity (Wildman–Crippen MR) is 99.2 cm³/mol. The Morgan fingerprint density at radius 1 is 1.27 bits per heavy atom. The van der Waals surface area contributed by atoms with Gasteiger partial charge in [-0.3, -0.25) is 4.79 Å². The summed E-state index contributed by atoms with van der Waals surface area (Å²) in [5.74, 6) is -0.805. The summed E-state index contributed by atoms with van der Waals surface area (Å²) in [6.07, 6.45) is 0. The number of tetrazole rings is 1. The van der Waals surface area contributed by atoms with E-state index >= 15 is 0 Å². The Morgan fingerprint density at radius 3 is 2.69 bits per heavy atom. The van der Waals surface area contributed by atoms with E-state index < -0.39 is 11.1 Å². The molecule has 0 aliphatic rings. The van der Waals surface area contributed by atoms with E-state index in [1.54, 1.807) is 11.6 Å². The van der Waals surface area contributed by atoms with E-state index in [0.29, 0.717) is 10.8 Å². The van der Waals surface area contributed by atoms with Crippen LogP contribution in [0.5, 0.6) is 0 Å². The van der Waals surface area contributed by atoms with E-state index in [1.165, 1.54) is 30.0 Å². The Balaban J connectivity index is 1.71. The highest BCUT2D eigenvalue weighted by Gasteiger charge is 2.19. The molecule has 9 heteroatoms. The molecule has 0 unspecified atom stereocenters. The van der Waals surface area contributed by atoms with Crippen LogP contribution in [0.3, 0.4) is 0 Å². The number of hydrogen-bond acceptors (Lipinski definition) is 5. The lowest BCUT2D eigenvalue weighted by molar-refractivity contribution is -0.115. The Hall–Kier alpha value is -2.45. The smallest absolute Gasteiger partial charge is 0.237 e. The van der Waals surface area contributed by atoms with Crippen molar-refractivity contribution in [2.75, 3.05) is 5.32 Å². The van der Waals surface area contributed by atoms with Gasteiger partial charge < -0.3 is 5.32 Å². The van der Waals surface area contributed by atoms with Crippen molar-refractivity contribution in [2.24, 2.45) is 0 Å². The van der Waals surface area contributed by atoms with E-state index in [0.717, 1.165) is 11.3 Å². The number of nitrogens with zero attached hydrogens (tertiary/aromatic N) is 4. The van der Waals surface area contributed by atoms with Gasteiger partial charge in [0.1, 0.15) is 5.82 Å². The number of benzene rings is 2. The molecule has 0 bridgehead atoms. The lowest BCUT2D eigenvalue weighted by Crippen LogP contribution is -2.23. The lowest BCUT2D eigenvalue weighted by atomic mass is 10.2. The number of carbonyl (C=O) groups excluding carboxylic acids is 1. The van der Waals surface area contributed by atoms with Crippen molar-refractivity contribution in [3.8, 4) is 5.69 Å². The van der Waals surface area contributed by atoms with Crippen LogP contribution < -0.4 is 5.32 Å². The van der Waals surface area contributed by atoms with Gasteiger partial charge in [0.25, 0.3) is 0 Å². The third kappa shape index (κ3) is 4.20. The number of amides is 1. The van der Waals surface area contributed by atoms with Crippen LogP contribution in [0, 0.1) is 12.7 Å². The summed E-state index contributed by atoms with van der Waals surface area (Å²) in [4.78, 5) is 12.4. The second-order valence-corrected chi connectivity index (χ2v) is 7.30. The van der Waals surface area contributed by atoms with Crippen LogP contribution in [0.15, 0.2) is 47.6 Å². The molecule has 1 atom stereocenters. The Bertz CT molecular complexity index is 931. The van der Waals surface area contributed by atoms with Crippen LogP contribution >= 0.6 is 23.4 Å². The van der Waals surface area contributed by atoms with Gasteiger partial charge in [0.05, 0.1) is 16.0 Å². The first-order valence-electron chi connectivity index (χ1n) is 7.72. The van der Waals surface area contributed by atoms with Crippen molar-refractivity contribution < 1.29 is 9.18 Å². The van der Waals surface area contributed by atoms with Crippen LogP contribution in [0.2, 0.25) is 5.02 Å². The highest BCUT2D eigenvalue weighted by Crippen LogP contribution is 2.25. The van der Waals surface area contributed by atoms with E-state index in [1.807, 2.05) is 31.2 Å². The van der Waals surface area contributed by atoms with E-state index in [2.05, 4.69) is 20.8 Å². The SMILES string of the molecule is Cc1ccc(-n2nnnc2S[C@H](C)C(=O)Nc2ccc(F)c(Cl)c2)cc1. The van der Waals surface area contributed by atoms with Crippen LogP contribution in [0.25, 0.3) is 5.69 Å². The zero-order chi connectivity index (χ0) is 18.7. The summed E-state index contributed by atoms with van der Waals surface area (Å²) in [6, 6.07) is 11.7. The molecule has 0 fully saturated rings. The zero-order valence-corrected chi connectivity index (χ0v) is 15.6. The van der Waals surface area contributed by atoms with Gasteiger partial charge in [-0.1, -0.05) is 41.1 Å². The van der Waals surface area contributed by atoms with Crippen LogP contribution in [0.1, 0.15) is 12.5 Å². The van der Waals surface area contributed by atoms with E-state index in [-0.39, 0.29) is 10.9 Å². The molecule has 0 spiro atoms. The molecule has 1 amide bonds. The monoisotopic (exact) mass is 391 g/mol. The topological polar surface area (TPSA) is 72.7 Å². The number of halogens is 2. The molecule has 0 radical (unpaired) electrons. The molecule has 0 aliphatic heterocycles. The number of anilines is 1. The van der Waals surface area contributed by atoms with Crippen molar-refractivity contribution in [1.29, 1.82) is 0 Å². The summed E-state index contributed by atoms with van der Waals surface area (Å²) in [5.41, 5.74) is 2.36. The van der Waals surface area contributed by atoms with Gasteiger partial charge in [0.15, 0.2) is 0 Å². The molecule has 3 rings (SSSR count). The average molecular weight is 392 g/mol. The van der Waals surface area contributed by atoms with Crippen molar-refractivity contribution in [3.05, 3.63) is 58.9 Å². The summed E-state index contributed by atoms with van der Waals surface area (Å²) in [6.45, 7) is 3.73. The van der Waals surface area contributed by atoms with Crippen molar-refractivity contribution >= 4 is 35.0 Å². The zero-order valence-electron chi connectivity index (χ0n) is 14.0. The number of hydrogen-bond donors (Lipinski definition) is 1. The molecule has 0 aliphatic carbocycles. The van der Waals surface area contributed by atoms with E-state index in [4.69, 9.17) is 11.6 Å². The molecule has 2 aromatic carbocycles. The third-order valence-corrected chi connectivity index (χ3v) is 4.88. The highest BCUT2D eigenvalue weighted by molar-refractivity contribution is 8.00. The van der Waals surface area contributed by atoms with Gasteiger partial charge >= 0.3 is 0 Å². The predicted octanol–water partition coefficient (Wildman–Crippen LogP) is 3.88. The number of thioether (sulfide) groups is 1. The average Bonchev–Trinajstić information content (AvgIpc) is 3.07. The largest absolute Gasteiger partial charge is 0.325 e. The summed E-state index contributed by atoms with van der Waals surface area (Å²) in [5, 5.41) is 14.3. The third-order valence-electron chi connectivity index (χ3n) is 3.56. The Kier molecular flexibility index (Phi) is 5.53. The standard InChI is InChI=1S/C17H15ClFN5OS/c1-10-3-6-13(7-4-10)24-17(21-22-23-24)26-11(2)16(25)20-12-5-8-15(19)14(18)9-12/h3-9,11H,1-2H3,(H,20,25)/t11-/m1/s1. The Labute approximate surface area is 158 Å². The molecular formula is C17H15ClFN5OS. The molecule has 26 heavy (non-hydrogen) atoms. The summed E-state index contributed by atoms with van der Waals surface area (Å²) in [7, 11) is 0. The molecular weight excluding hydrogens is 377 g/mol. The molecule has 0 saturated carbocycles. The second-order valence-electron chi connectivity index (χ2n) is 5.59.